The summed E-state index contributed by atoms with van der Waals surface area (Å²) in [4.78, 5) is 0. The first kappa shape index (κ1) is 11.2. The molecule has 0 aromatic carbocycles. The summed E-state index contributed by atoms with van der Waals surface area (Å²) >= 11 is 2.30. The van der Waals surface area contributed by atoms with Crippen LogP contribution in [0.25, 0.3) is 0 Å². The summed E-state index contributed by atoms with van der Waals surface area (Å²) in [5, 5.41) is 10.6. The van der Waals surface area contributed by atoms with E-state index in [9.17, 15) is 5.11 Å². The van der Waals surface area contributed by atoms with Crippen LogP contribution in [-0.2, 0) is 5.60 Å². The number of hydrogen-bond acceptors (Lipinski definition) is 2. The van der Waals surface area contributed by atoms with Crippen LogP contribution in [0.3, 0.4) is 0 Å². The average molecular weight is 342 g/mol. The van der Waals surface area contributed by atoms with Gasteiger partial charge in [0, 0.05) is 12.1 Å². The molecule has 0 aliphatic carbocycles. The van der Waals surface area contributed by atoms with E-state index in [0.29, 0.717) is 0 Å². The van der Waals surface area contributed by atoms with Crippen LogP contribution >= 0.6 is 22.6 Å². The second-order valence-electron chi connectivity index (χ2n) is 4.50. The summed E-state index contributed by atoms with van der Waals surface area (Å²) in [5.41, 5.74) is 0.0972. The van der Waals surface area contributed by atoms with Gasteiger partial charge in [-0.15, -0.1) is 0 Å². The molecule has 17 heavy (non-hydrogen) atoms. The second kappa shape index (κ2) is 3.81. The molecular weight excluding hydrogens is 329 g/mol. The maximum Gasteiger partial charge on any atom is 0.230 e. The van der Waals surface area contributed by atoms with Crippen LogP contribution in [0.2, 0.25) is 0 Å². The Morgan fingerprint density at radius 2 is 2.18 bits per heavy atom. The van der Waals surface area contributed by atoms with Crippen molar-refractivity contribution in [2.24, 2.45) is 0 Å². The highest BCUT2D eigenvalue weighted by Gasteiger charge is 2.55. The minimum absolute atomic E-state index is 0.0497. The second-order valence-corrected chi connectivity index (χ2v) is 5.84. The third-order valence-electron chi connectivity index (χ3n) is 3.36. The fourth-order valence-electron chi connectivity index (χ4n) is 2.46. The fourth-order valence-corrected chi connectivity index (χ4v) is 3.48. The van der Waals surface area contributed by atoms with Gasteiger partial charge in [-0.1, -0.05) is 22.6 Å². The van der Waals surface area contributed by atoms with E-state index in [0.717, 1.165) is 11.5 Å². The predicted molar refractivity (Wildman–Crippen MR) is 70.9 cm³/mol. The Balaban J connectivity index is 2.19. The lowest BCUT2D eigenvalue weighted by Gasteiger charge is -2.17. The Bertz CT molecular complexity index is 536. The summed E-state index contributed by atoms with van der Waals surface area (Å²) < 4.78 is 7.64. The van der Waals surface area contributed by atoms with Gasteiger partial charge in [0.05, 0.1) is 6.26 Å². The summed E-state index contributed by atoms with van der Waals surface area (Å²) in [7, 11) is 0. The largest absolute Gasteiger partial charge is 0.462 e. The molecule has 88 valence electrons. The van der Waals surface area contributed by atoms with Gasteiger partial charge in [0.2, 0.25) is 11.7 Å². The van der Waals surface area contributed by atoms with Crippen LogP contribution in [0.4, 0.5) is 0 Å². The van der Waals surface area contributed by atoms with Crippen LogP contribution in [0.15, 0.2) is 47.2 Å². The van der Waals surface area contributed by atoms with Gasteiger partial charge in [-0.2, -0.15) is 4.57 Å². The molecule has 3 atom stereocenters. The zero-order chi connectivity index (χ0) is 12.0. The molecule has 0 spiro atoms. The van der Waals surface area contributed by atoms with Crippen molar-refractivity contribution in [2.45, 2.75) is 22.5 Å². The molecule has 1 aliphatic heterocycles. The predicted octanol–water partition coefficient (Wildman–Crippen LogP) is 2.18. The van der Waals surface area contributed by atoms with Gasteiger partial charge in [0.15, 0.2) is 17.6 Å². The van der Waals surface area contributed by atoms with E-state index < -0.39 is 5.60 Å². The summed E-state index contributed by atoms with van der Waals surface area (Å²) in [6.07, 6.45) is 3.67. The Hall–Kier alpha value is -0.880. The minimum atomic E-state index is -0.834. The van der Waals surface area contributed by atoms with Crippen molar-refractivity contribution in [2.75, 3.05) is 0 Å². The fraction of sp³-hybridized carbons (Fsp3) is 0.308. The molecule has 0 bridgehead atoms. The highest BCUT2D eigenvalue weighted by atomic mass is 127. The smallest absolute Gasteiger partial charge is 0.230 e. The highest BCUT2D eigenvalue weighted by molar-refractivity contribution is 14.1. The standard InChI is InChI=1S/C13H13INO2/c1-13(16)10-6-2-3-7-15(10)11(12(13)14)9-5-4-8-17-9/h2-8,11-12,16H,1H3/q+1. The number of aliphatic hydroxyl groups is 1. The van der Waals surface area contributed by atoms with E-state index in [1.807, 2.05) is 43.5 Å². The zero-order valence-electron chi connectivity index (χ0n) is 9.38. The lowest BCUT2D eigenvalue weighted by Crippen LogP contribution is -2.40. The molecule has 0 saturated heterocycles. The van der Waals surface area contributed by atoms with Gasteiger partial charge in [0.25, 0.3) is 0 Å². The third kappa shape index (κ3) is 1.54. The van der Waals surface area contributed by atoms with E-state index in [1.165, 1.54) is 0 Å². The molecule has 0 fully saturated rings. The first-order valence-corrected chi connectivity index (χ1v) is 6.77. The van der Waals surface area contributed by atoms with Crippen LogP contribution in [0.1, 0.15) is 24.4 Å². The summed E-state index contributed by atoms with van der Waals surface area (Å²) in [6, 6.07) is 9.79. The molecular formula is C13H13INO2+. The van der Waals surface area contributed by atoms with Gasteiger partial charge in [0.1, 0.15) is 3.92 Å². The molecule has 0 radical (unpaired) electrons. The molecule has 0 saturated carbocycles. The van der Waals surface area contributed by atoms with Gasteiger partial charge in [-0.05, 0) is 25.1 Å². The molecule has 3 rings (SSSR count). The van der Waals surface area contributed by atoms with E-state index in [4.69, 9.17) is 4.42 Å². The normalized spacial score (nSPS) is 31.5. The van der Waals surface area contributed by atoms with E-state index in [-0.39, 0.29) is 9.97 Å². The zero-order valence-corrected chi connectivity index (χ0v) is 11.5. The van der Waals surface area contributed by atoms with Crippen molar-refractivity contribution in [3.63, 3.8) is 0 Å². The molecule has 3 unspecified atom stereocenters. The van der Waals surface area contributed by atoms with Crippen LogP contribution in [-0.4, -0.2) is 9.03 Å². The number of aromatic nitrogens is 1. The monoisotopic (exact) mass is 342 g/mol. The number of halogens is 1. The quantitative estimate of drug-likeness (QED) is 0.490. The Labute approximate surface area is 113 Å². The average Bonchev–Trinajstić information content (AvgIpc) is 2.88. The van der Waals surface area contributed by atoms with Crippen LogP contribution in [0.5, 0.6) is 0 Å². The molecule has 2 aromatic rings. The van der Waals surface area contributed by atoms with E-state index in [2.05, 4.69) is 27.2 Å². The number of rotatable bonds is 1. The number of nitrogens with zero attached hydrogens (tertiary/aromatic N) is 1. The Kier molecular flexibility index (Phi) is 2.52. The topological polar surface area (TPSA) is 37.2 Å². The van der Waals surface area contributed by atoms with Gasteiger partial charge >= 0.3 is 0 Å². The highest BCUT2D eigenvalue weighted by Crippen LogP contribution is 2.41. The molecule has 3 nitrogen and oxygen atoms in total. The van der Waals surface area contributed by atoms with Crippen LogP contribution in [0, 0.1) is 0 Å². The molecule has 0 amide bonds. The van der Waals surface area contributed by atoms with E-state index in [1.54, 1.807) is 6.26 Å². The molecule has 1 N–H and O–H groups in total. The lowest BCUT2D eigenvalue weighted by atomic mass is 9.98. The van der Waals surface area contributed by atoms with Crippen molar-refractivity contribution in [3.8, 4) is 0 Å². The Morgan fingerprint density at radius 1 is 1.35 bits per heavy atom. The summed E-state index contributed by atoms with van der Waals surface area (Å²) in [6.45, 7) is 1.86. The van der Waals surface area contributed by atoms with Gasteiger partial charge in [-0.3, -0.25) is 0 Å². The maximum absolute atomic E-state index is 10.6. The van der Waals surface area contributed by atoms with Gasteiger partial charge in [-0.25, -0.2) is 0 Å². The molecule has 1 aliphatic rings. The molecule has 3 heterocycles. The first-order chi connectivity index (χ1) is 8.12. The number of alkyl halides is 1. The Morgan fingerprint density at radius 3 is 2.88 bits per heavy atom. The number of furan rings is 1. The van der Waals surface area contributed by atoms with Gasteiger partial charge < -0.3 is 9.52 Å². The van der Waals surface area contributed by atoms with Crippen molar-refractivity contribution in [3.05, 3.63) is 54.2 Å². The number of fused-ring (bicyclic) bond motifs is 1. The SMILES string of the molecule is CC1(O)c2cccc[n+]2C(c2ccco2)C1I. The van der Waals surface area contributed by atoms with E-state index >= 15 is 0 Å². The molecule has 2 aromatic heterocycles. The minimum Gasteiger partial charge on any atom is -0.462 e. The number of pyridine rings is 1. The maximum atomic E-state index is 10.6. The first-order valence-electron chi connectivity index (χ1n) is 5.53. The summed E-state index contributed by atoms with van der Waals surface area (Å²) in [5.74, 6) is 0.889. The van der Waals surface area contributed by atoms with Crippen molar-refractivity contribution >= 4 is 22.6 Å². The van der Waals surface area contributed by atoms with Crippen molar-refractivity contribution < 1.29 is 14.1 Å². The number of hydrogen-bond donors (Lipinski definition) is 1. The lowest BCUT2D eigenvalue weighted by molar-refractivity contribution is -0.709. The van der Waals surface area contributed by atoms with Crippen molar-refractivity contribution in [1.82, 2.24) is 0 Å². The third-order valence-corrected chi connectivity index (χ3v) is 5.25. The van der Waals surface area contributed by atoms with Crippen LogP contribution < -0.4 is 4.57 Å². The molecule has 4 heteroatoms. The van der Waals surface area contributed by atoms with Crippen molar-refractivity contribution in [1.29, 1.82) is 0 Å².